The summed E-state index contributed by atoms with van der Waals surface area (Å²) in [6, 6.07) is 0. The summed E-state index contributed by atoms with van der Waals surface area (Å²) in [6.45, 7) is -0.523. The summed E-state index contributed by atoms with van der Waals surface area (Å²) < 4.78 is 19.1. The number of aliphatic hydroxyl groups excluding tert-OH is 3. The molecule has 2 heterocycles. The number of hydrogen-bond acceptors (Lipinski definition) is 7. The molecule has 1 aromatic heterocycles. The number of nitrogen functional groups attached to an aromatic ring is 1. The molecule has 0 bridgehead atoms. The number of nitrogens with two attached hydrogens (primary N) is 1. The van der Waals surface area contributed by atoms with E-state index in [-0.39, 0.29) is 5.95 Å². The number of anilines is 1. The van der Waals surface area contributed by atoms with Crippen molar-refractivity contribution in [2.24, 2.45) is 0 Å². The highest BCUT2D eigenvalue weighted by Gasteiger charge is 2.43. The van der Waals surface area contributed by atoms with Crippen molar-refractivity contribution in [2.45, 2.75) is 24.5 Å². The van der Waals surface area contributed by atoms with Gasteiger partial charge in [0.25, 0.3) is 0 Å². The van der Waals surface area contributed by atoms with Gasteiger partial charge in [0.1, 0.15) is 18.3 Å². The van der Waals surface area contributed by atoms with Gasteiger partial charge in [-0.05, 0) is 0 Å². The smallest absolute Gasteiger partial charge is 0.310 e. The molecule has 4 atom stereocenters. The van der Waals surface area contributed by atoms with Crippen LogP contribution in [0.5, 0.6) is 0 Å². The summed E-state index contributed by atoms with van der Waals surface area (Å²) in [5.41, 5.74) is 4.29. The van der Waals surface area contributed by atoms with E-state index in [0.717, 1.165) is 10.8 Å². The lowest BCUT2D eigenvalue weighted by Crippen LogP contribution is -2.34. The minimum Gasteiger partial charge on any atom is -0.394 e. The van der Waals surface area contributed by atoms with Crippen molar-refractivity contribution in [3.63, 3.8) is 0 Å². The molecule has 0 radical (unpaired) electrons. The number of halogens is 1. The highest BCUT2D eigenvalue weighted by atomic mass is 19.1. The van der Waals surface area contributed by atoms with Gasteiger partial charge in [-0.3, -0.25) is 9.36 Å². The van der Waals surface area contributed by atoms with E-state index in [0.29, 0.717) is 0 Å². The van der Waals surface area contributed by atoms with Crippen molar-refractivity contribution in [1.82, 2.24) is 9.55 Å². The van der Waals surface area contributed by atoms with Gasteiger partial charge >= 0.3 is 5.56 Å². The maximum Gasteiger partial charge on any atom is 0.310 e. The normalized spacial score (nSPS) is 31.8. The molecule has 1 aliphatic heterocycles. The van der Waals surface area contributed by atoms with Crippen LogP contribution < -0.4 is 11.3 Å². The number of ether oxygens (including phenoxy) is 1. The second-order valence-corrected chi connectivity index (χ2v) is 3.89. The molecule has 4 unspecified atom stereocenters. The SMILES string of the molecule is Nc1nc(=O)c(F)cn1C1OC(CO)C(O)C1O. The Hall–Kier alpha value is -1.55. The molecule has 9 heteroatoms. The monoisotopic (exact) mass is 261 g/mol. The molecule has 100 valence electrons. The first-order chi connectivity index (χ1) is 8.45. The molecule has 1 saturated heterocycles. The Kier molecular flexibility index (Phi) is 3.30. The second-order valence-electron chi connectivity index (χ2n) is 3.89. The topological polar surface area (TPSA) is 131 Å². The molecule has 0 amide bonds. The molecule has 1 aliphatic rings. The van der Waals surface area contributed by atoms with Gasteiger partial charge in [-0.15, -0.1) is 0 Å². The Morgan fingerprint density at radius 2 is 2.17 bits per heavy atom. The Morgan fingerprint density at radius 3 is 2.72 bits per heavy atom. The molecule has 1 fully saturated rings. The molecule has 0 spiro atoms. The Labute approximate surface area is 100 Å². The molecule has 8 nitrogen and oxygen atoms in total. The molecule has 5 N–H and O–H groups in total. The molecule has 0 aliphatic carbocycles. The second kappa shape index (κ2) is 4.61. The third-order valence-corrected chi connectivity index (χ3v) is 2.73. The van der Waals surface area contributed by atoms with Crippen LogP contribution >= 0.6 is 0 Å². The van der Waals surface area contributed by atoms with Gasteiger partial charge < -0.3 is 25.8 Å². The van der Waals surface area contributed by atoms with E-state index in [4.69, 9.17) is 15.6 Å². The lowest BCUT2D eigenvalue weighted by molar-refractivity contribution is -0.0526. The third-order valence-electron chi connectivity index (χ3n) is 2.73. The van der Waals surface area contributed by atoms with Crippen molar-refractivity contribution in [3.8, 4) is 0 Å². The molecular formula is C9H12FN3O5. The highest BCUT2D eigenvalue weighted by molar-refractivity contribution is 5.18. The maximum absolute atomic E-state index is 13.1. The molecular weight excluding hydrogens is 249 g/mol. The molecule has 0 saturated carbocycles. The van der Waals surface area contributed by atoms with E-state index < -0.39 is 42.5 Å². The Morgan fingerprint density at radius 1 is 1.50 bits per heavy atom. The lowest BCUT2D eigenvalue weighted by atomic mass is 10.1. The zero-order valence-electron chi connectivity index (χ0n) is 9.10. The van der Waals surface area contributed by atoms with E-state index in [1.807, 2.05) is 0 Å². The van der Waals surface area contributed by atoms with Crippen molar-refractivity contribution < 1.29 is 24.4 Å². The van der Waals surface area contributed by atoms with Gasteiger partial charge in [-0.1, -0.05) is 0 Å². The van der Waals surface area contributed by atoms with Crippen LogP contribution in [0.4, 0.5) is 10.3 Å². The zero-order valence-corrected chi connectivity index (χ0v) is 9.10. The van der Waals surface area contributed by atoms with Crippen LogP contribution in [0.1, 0.15) is 6.23 Å². The largest absolute Gasteiger partial charge is 0.394 e. The van der Waals surface area contributed by atoms with E-state index in [1.54, 1.807) is 0 Å². The summed E-state index contributed by atoms with van der Waals surface area (Å²) in [7, 11) is 0. The highest BCUT2D eigenvalue weighted by Crippen LogP contribution is 2.30. The van der Waals surface area contributed by atoms with Gasteiger partial charge in [-0.2, -0.15) is 9.37 Å². The molecule has 0 aromatic carbocycles. The van der Waals surface area contributed by atoms with Gasteiger partial charge in [-0.25, -0.2) is 0 Å². The summed E-state index contributed by atoms with van der Waals surface area (Å²) >= 11 is 0. The molecule has 18 heavy (non-hydrogen) atoms. The predicted molar refractivity (Wildman–Crippen MR) is 55.9 cm³/mol. The quantitative estimate of drug-likeness (QED) is 0.465. The van der Waals surface area contributed by atoms with Crippen LogP contribution in [0, 0.1) is 5.82 Å². The summed E-state index contributed by atoms with van der Waals surface area (Å²) in [6.07, 6.45) is -4.29. The number of hydrogen-bond donors (Lipinski definition) is 4. The standard InChI is InChI=1S/C9H12FN3O5/c10-3-1-13(9(11)12-7(3)17)8-6(16)5(15)4(2-14)18-8/h1,4-6,8,14-16H,2H2,(H2,11,12,17). The van der Waals surface area contributed by atoms with Crippen LogP contribution in [0.3, 0.4) is 0 Å². The van der Waals surface area contributed by atoms with Crippen LogP contribution in [0.15, 0.2) is 11.0 Å². The fraction of sp³-hybridized carbons (Fsp3) is 0.556. The van der Waals surface area contributed by atoms with E-state index >= 15 is 0 Å². The average molecular weight is 261 g/mol. The number of aromatic nitrogens is 2. The first kappa shape index (κ1) is 12.9. The van der Waals surface area contributed by atoms with Crippen LogP contribution in [0.25, 0.3) is 0 Å². The maximum atomic E-state index is 13.1. The number of nitrogens with zero attached hydrogens (tertiary/aromatic N) is 2. The summed E-state index contributed by atoms with van der Waals surface area (Å²) in [4.78, 5) is 14.1. The average Bonchev–Trinajstić information content (AvgIpc) is 2.61. The number of rotatable bonds is 2. The van der Waals surface area contributed by atoms with Crippen molar-refractivity contribution in [1.29, 1.82) is 0 Å². The van der Waals surface area contributed by atoms with Gasteiger partial charge in [0, 0.05) is 0 Å². The number of aliphatic hydroxyl groups is 3. The Bertz CT molecular complexity index is 507. The third kappa shape index (κ3) is 1.97. The first-order valence-electron chi connectivity index (χ1n) is 5.12. The van der Waals surface area contributed by atoms with Crippen LogP contribution in [0.2, 0.25) is 0 Å². The summed E-state index contributed by atoms with van der Waals surface area (Å²) in [5.74, 6) is -1.53. The van der Waals surface area contributed by atoms with Crippen molar-refractivity contribution in [2.75, 3.05) is 12.3 Å². The predicted octanol–water partition coefficient (Wildman–Crippen LogP) is -2.42. The fourth-order valence-corrected chi connectivity index (χ4v) is 1.77. The van der Waals surface area contributed by atoms with Gasteiger partial charge in [0.15, 0.2) is 6.23 Å². The van der Waals surface area contributed by atoms with Crippen molar-refractivity contribution >= 4 is 5.95 Å². The van der Waals surface area contributed by atoms with Gasteiger partial charge in [0.2, 0.25) is 11.8 Å². The van der Waals surface area contributed by atoms with Crippen LogP contribution in [-0.2, 0) is 4.74 Å². The molecule has 2 rings (SSSR count). The zero-order chi connectivity index (χ0) is 13.4. The van der Waals surface area contributed by atoms with E-state index in [2.05, 4.69) is 4.98 Å². The minimum atomic E-state index is -1.42. The lowest BCUT2D eigenvalue weighted by Gasteiger charge is -2.19. The summed E-state index contributed by atoms with van der Waals surface area (Å²) in [5, 5.41) is 28.2. The van der Waals surface area contributed by atoms with Crippen LogP contribution in [-0.4, -0.2) is 49.8 Å². The Balaban J connectivity index is 2.38. The fourth-order valence-electron chi connectivity index (χ4n) is 1.77. The van der Waals surface area contributed by atoms with E-state index in [1.165, 1.54) is 0 Å². The van der Waals surface area contributed by atoms with Gasteiger partial charge in [0.05, 0.1) is 12.8 Å². The first-order valence-corrected chi connectivity index (χ1v) is 5.12. The molecule has 1 aromatic rings. The van der Waals surface area contributed by atoms with Crippen molar-refractivity contribution in [3.05, 3.63) is 22.4 Å². The minimum absolute atomic E-state index is 0.365. The van der Waals surface area contributed by atoms with E-state index in [9.17, 15) is 19.4 Å².